The first-order chi connectivity index (χ1) is 6.88. The largest absolute Gasteiger partial charge is 0.330 e. The Morgan fingerprint density at radius 1 is 1.33 bits per heavy atom. The Balaban J connectivity index is 2.23. The van der Waals surface area contributed by atoms with Crippen molar-refractivity contribution in [1.82, 2.24) is 4.90 Å². The molecule has 0 aromatic carbocycles. The van der Waals surface area contributed by atoms with Gasteiger partial charge in [0.15, 0.2) is 0 Å². The molecule has 3 unspecified atom stereocenters. The highest BCUT2D eigenvalue weighted by Crippen LogP contribution is 2.55. The van der Waals surface area contributed by atoms with Gasteiger partial charge in [0.05, 0.1) is 0 Å². The highest BCUT2D eigenvalue weighted by atomic mass is 15.3. The smallest absolute Gasteiger partial charge is 0.0170 e. The van der Waals surface area contributed by atoms with Crippen LogP contribution in [0.3, 0.4) is 0 Å². The highest BCUT2D eigenvalue weighted by molar-refractivity contribution is 5.14. The van der Waals surface area contributed by atoms with Crippen LogP contribution in [0, 0.1) is 17.8 Å². The van der Waals surface area contributed by atoms with Crippen LogP contribution in [0.1, 0.15) is 41.0 Å². The van der Waals surface area contributed by atoms with E-state index in [9.17, 15) is 0 Å². The van der Waals surface area contributed by atoms with E-state index in [1.54, 1.807) is 0 Å². The monoisotopic (exact) mass is 210 g/mol. The molecule has 2 nitrogen and oxygen atoms in total. The maximum absolute atomic E-state index is 5.96. The van der Waals surface area contributed by atoms with Crippen molar-refractivity contribution in [2.24, 2.45) is 23.5 Å². The van der Waals surface area contributed by atoms with E-state index in [1.165, 1.54) is 6.42 Å². The lowest BCUT2D eigenvalue weighted by atomic mass is 9.86. The number of hydrogen-bond donors (Lipinski definition) is 1. The minimum absolute atomic E-state index is 0.304. The van der Waals surface area contributed by atoms with E-state index in [1.807, 2.05) is 0 Å². The van der Waals surface area contributed by atoms with Crippen LogP contribution in [0.2, 0.25) is 0 Å². The fourth-order valence-electron chi connectivity index (χ4n) is 3.74. The van der Waals surface area contributed by atoms with Crippen LogP contribution < -0.4 is 5.73 Å². The van der Waals surface area contributed by atoms with Crippen molar-refractivity contribution < 1.29 is 0 Å². The molecular weight excluding hydrogens is 184 g/mol. The molecule has 2 aliphatic rings. The summed E-state index contributed by atoms with van der Waals surface area (Å²) in [6, 6.07) is 1.55. The second-order valence-corrected chi connectivity index (χ2v) is 6.68. The maximum atomic E-state index is 5.96. The standard InChI is InChI=1S/C13H26N2/c1-8(2)12-10(7-14)9-6-11(9)15(12)13(3,4)5/h8-12H,6-7,14H2,1-5H3/t9?,10?,11?,12-/m1/s1. The van der Waals surface area contributed by atoms with Gasteiger partial charge in [-0.05, 0) is 51.5 Å². The van der Waals surface area contributed by atoms with Gasteiger partial charge in [-0.25, -0.2) is 0 Å². The molecule has 2 rings (SSSR count). The Kier molecular flexibility index (Phi) is 2.63. The predicted molar refractivity (Wildman–Crippen MR) is 64.7 cm³/mol. The van der Waals surface area contributed by atoms with Crippen molar-refractivity contribution in [3.63, 3.8) is 0 Å². The van der Waals surface area contributed by atoms with Gasteiger partial charge in [0, 0.05) is 17.6 Å². The molecule has 4 atom stereocenters. The van der Waals surface area contributed by atoms with Crippen molar-refractivity contribution >= 4 is 0 Å². The zero-order chi connectivity index (χ0) is 11.4. The Morgan fingerprint density at radius 3 is 2.33 bits per heavy atom. The van der Waals surface area contributed by atoms with Crippen LogP contribution in [-0.4, -0.2) is 29.1 Å². The molecule has 15 heavy (non-hydrogen) atoms. The van der Waals surface area contributed by atoms with E-state index in [0.717, 1.165) is 30.3 Å². The van der Waals surface area contributed by atoms with Gasteiger partial charge < -0.3 is 5.73 Å². The molecule has 0 radical (unpaired) electrons. The molecule has 2 fully saturated rings. The van der Waals surface area contributed by atoms with Gasteiger partial charge in [0.2, 0.25) is 0 Å². The molecule has 1 aliphatic heterocycles. The molecule has 88 valence electrons. The zero-order valence-corrected chi connectivity index (χ0v) is 10.8. The summed E-state index contributed by atoms with van der Waals surface area (Å²) < 4.78 is 0. The van der Waals surface area contributed by atoms with Gasteiger partial charge in [-0.1, -0.05) is 13.8 Å². The summed E-state index contributed by atoms with van der Waals surface area (Å²) in [4.78, 5) is 2.75. The normalized spacial score (nSPS) is 41.0. The summed E-state index contributed by atoms with van der Waals surface area (Å²) in [6.45, 7) is 12.6. The Hall–Kier alpha value is -0.0800. The second-order valence-electron chi connectivity index (χ2n) is 6.68. The number of fused-ring (bicyclic) bond motifs is 1. The summed E-state index contributed by atoms with van der Waals surface area (Å²) in [5, 5.41) is 0. The third kappa shape index (κ3) is 1.72. The van der Waals surface area contributed by atoms with Crippen LogP contribution in [0.4, 0.5) is 0 Å². The number of rotatable bonds is 2. The lowest BCUT2D eigenvalue weighted by Crippen LogP contribution is -2.51. The number of hydrogen-bond acceptors (Lipinski definition) is 2. The van der Waals surface area contributed by atoms with Crippen molar-refractivity contribution in [3.05, 3.63) is 0 Å². The van der Waals surface area contributed by atoms with Gasteiger partial charge in [-0.15, -0.1) is 0 Å². The van der Waals surface area contributed by atoms with Gasteiger partial charge >= 0.3 is 0 Å². The van der Waals surface area contributed by atoms with Crippen LogP contribution in [-0.2, 0) is 0 Å². The topological polar surface area (TPSA) is 29.3 Å². The van der Waals surface area contributed by atoms with Gasteiger partial charge in [0.1, 0.15) is 0 Å². The van der Waals surface area contributed by atoms with E-state index in [0.29, 0.717) is 11.6 Å². The number of piperidine rings is 1. The van der Waals surface area contributed by atoms with E-state index < -0.39 is 0 Å². The SMILES string of the molecule is CC(C)[C@@H]1C(CN)C2CC2N1C(C)(C)C. The number of nitrogens with zero attached hydrogens (tertiary/aromatic N) is 1. The third-order valence-electron chi connectivity index (χ3n) is 4.20. The highest BCUT2D eigenvalue weighted by Gasteiger charge is 2.60. The first-order valence-electron chi connectivity index (χ1n) is 6.36. The third-order valence-corrected chi connectivity index (χ3v) is 4.20. The lowest BCUT2D eigenvalue weighted by molar-refractivity contribution is 0.0526. The van der Waals surface area contributed by atoms with E-state index in [2.05, 4.69) is 39.5 Å². The zero-order valence-electron chi connectivity index (χ0n) is 10.8. The molecule has 1 saturated carbocycles. The number of likely N-dealkylation sites (tertiary alicyclic amines) is 1. The first kappa shape index (κ1) is 11.4. The molecule has 0 spiro atoms. The van der Waals surface area contributed by atoms with Crippen molar-refractivity contribution in [2.75, 3.05) is 6.54 Å². The van der Waals surface area contributed by atoms with Crippen LogP contribution in [0.25, 0.3) is 0 Å². The Morgan fingerprint density at radius 2 is 1.93 bits per heavy atom. The summed E-state index contributed by atoms with van der Waals surface area (Å²) >= 11 is 0. The molecule has 1 saturated heterocycles. The fraction of sp³-hybridized carbons (Fsp3) is 1.00. The van der Waals surface area contributed by atoms with E-state index >= 15 is 0 Å². The summed E-state index contributed by atoms with van der Waals surface area (Å²) in [5.74, 6) is 2.38. The summed E-state index contributed by atoms with van der Waals surface area (Å²) in [7, 11) is 0. The van der Waals surface area contributed by atoms with Crippen molar-refractivity contribution in [3.8, 4) is 0 Å². The predicted octanol–water partition coefficient (Wildman–Crippen LogP) is 2.09. The average molecular weight is 210 g/mol. The molecule has 0 amide bonds. The molecule has 0 bridgehead atoms. The molecule has 0 aromatic rings. The maximum Gasteiger partial charge on any atom is 0.0170 e. The fourth-order valence-corrected chi connectivity index (χ4v) is 3.74. The van der Waals surface area contributed by atoms with Crippen molar-refractivity contribution in [2.45, 2.75) is 58.7 Å². The molecular formula is C13H26N2. The quantitative estimate of drug-likeness (QED) is 0.756. The molecule has 0 aromatic heterocycles. The summed E-state index contributed by atoms with van der Waals surface area (Å²) in [5.41, 5.74) is 6.26. The van der Waals surface area contributed by atoms with Crippen LogP contribution in [0.15, 0.2) is 0 Å². The molecule has 1 heterocycles. The van der Waals surface area contributed by atoms with Crippen molar-refractivity contribution in [1.29, 1.82) is 0 Å². The summed E-state index contributed by atoms with van der Waals surface area (Å²) in [6.07, 6.45) is 1.39. The Labute approximate surface area is 94.2 Å². The van der Waals surface area contributed by atoms with Crippen LogP contribution >= 0.6 is 0 Å². The van der Waals surface area contributed by atoms with E-state index in [4.69, 9.17) is 5.73 Å². The lowest BCUT2D eigenvalue weighted by Gasteiger charge is -2.43. The first-order valence-corrected chi connectivity index (χ1v) is 6.36. The molecule has 2 N–H and O–H groups in total. The Bertz CT molecular complexity index is 241. The molecule has 1 aliphatic carbocycles. The van der Waals surface area contributed by atoms with Crippen LogP contribution in [0.5, 0.6) is 0 Å². The number of nitrogens with two attached hydrogens (primary N) is 1. The van der Waals surface area contributed by atoms with Gasteiger partial charge in [-0.2, -0.15) is 0 Å². The minimum Gasteiger partial charge on any atom is -0.330 e. The van der Waals surface area contributed by atoms with Gasteiger partial charge in [0.25, 0.3) is 0 Å². The second kappa shape index (κ2) is 3.46. The van der Waals surface area contributed by atoms with Gasteiger partial charge in [-0.3, -0.25) is 4.90 Å². The minimum atomic E-state index is 0.304. The van der Waals surface area contributed by atoms with E-state index in [-0.39, 0.29) is 0 Å². The molecule has 2 heteroatoms. The average Bonchev–Trinajstić information content (AvgIpc) is 2.76.